The van der Waals surface area contributed by atoms with Gasteiger partial charge in [0.1, 0.15) is 17.1 Å². The first kappa shape index (κ1) is 23.6. The molecule has 0 aliphatic carbocycles. The number of nitrogens with zero attached hydrogens (tertiary/aromatic N) is 3. The van der Waals surface area contributed by atoms with Gasteiger partial charge in [0, 0.05) is 38.9 Å². The van der Waals surface area contributed by atoms with E-state index in [9.17, 15) is 4.79 Å². The van der Waals surface area contributed by atoms with E-state index in [1.165, 1.54) is 0 Å². The fourth-order valence-corrected chi connectivity index (χ4v) is 3.05. The molecule has 1 saturated heterocycles. The second-order valence-electron chi connectivity index (χ2n) is 6.54. The third kappa shape index (κ3) is 6.68. The van der Waals surface area contributed by atoms with Gasteiger partial charge in [-0.2, -0.15) is 0 Å². The number of methoxy groups -OCH3 is 2. The van der Waals surface area contributed by atoms with Gasteiger partial charge in [-0.15, -0.1) is 0 Å². The van der Waals surface area contributed by atoms with Crippen LogP contribution < -0.4 is 9.47 Å². The summed E-state index contributed by atoms with van der Waals surface area (Å²) >= 11 is 0. The second kappa shape index (κ2) is 11.5. The predicted octanol–water partition coefficient (Wildman–Crippen LogP) is 1.21. The molecule has 10 heteroatoms. The third-order valence-electron chi connectivity index (χ3n) is 4.60. The number of benzene rings is 1. The molecule has 2 aromatic rings. The van der Waals surface area contributed by atoms with Gasteiger partial charge in [-0.25, -0.2) is 9.59 Å². The Morgan fingerprint density at radius 2 is 1.48 bits per heavy atom. The number of aromatic nitrogens is 1. The Labute approximate surface area is 179 Å². The minimum absolute atomic E-state index is 0.0493. The van der Waals surface area contributed by atoms with Crippen molar-refractivity contribution in [3.8, 4) is 11.5 Å². The predicted molar refractivity (Wildman–Crippen MR) is 110 cm³/mol. The zero-order chi connectivity index (χ0) is 22.8. The molecule has 0 bridgehead atoms. The molecule has 3 rings (SSSR count). The largest absolute Gasteiger partial charge is 0.496 e. The summed E-state index contributed by atoms with van der Waals surface area (Å²) in [5.41, 5.74) is 1.54. The molecule has 1 aliphatic rings. The summed E-state index contributed by atoms with van der Waals surface area (Å²) in [5, 5.41) is 14.8. The maximum atomic E-state index is 13.0. The molecule has 1 aromatic heterocycles. The minimum Gasteiger partial charge on any atom is -0.496 e. The van der Waals surface area contributed by atoms with Crippen LogP contribution in [0.5, 0.6) is 11.5 Å². The third-order valence-corrected chi connectivity index (χ3v) is 4.60. The van der Waals surface area contributed by atoms with Gasteiger partial charge in [-0.1, -0.05) is 12.1 Å². The lowest BCUT2D eigenvalue weighted by molar-refractivity contribution is -0.159. The molecule has 1 amide bonds. The van der Waals surface area contributed by atoms with Crippen LogP contribution in [0.15, 0.2) is 42.6 Å². The summed E-state index contributed by atoms with van der Waals surface area (Å²) in [7, 11) is 3.13. The topological polar surface area (TPSA) is 130 Å². The summed E-state index contributed by atoms with van der Waals surface area (Å²) in [6.07, 6.45) is 1.81. The second-order valence-corrected chi connectivity index (χ2v) is 6.54. The number of carbonyl (C=O) groups excluding carboxylic acids is 1. The van der Waals surface area contributed by atoms with Crippen LogP contribution in [0.2, 0.25) is 0 Å². The van der Waals surface area contributed by atoms with E-state index in [2.05, 4.69) is 9.88 Å². The van der Waals surface area contributed by atoms with Gasteiger partial charge < -0.3 is 24.6 Å². The fourth-order valence-electron chi connectivity index (χ4n) is 3.05. The van der Waals surface area contributed by atoms with E-state index in [-0.39, 0.29) is 5.91 Å². The lowest BCUT2D eigenvalue weighted by Gasteiger charge is -2.35. The number of piperazine rings is 1. The maximum Gasteiger partial charge on any atom is 0.414 e. The van der Waals surface area contributed by atoms with Crippen LogP contribution >= 0.6 is 0 Å². The molecule has 166 valence electrons. The first-order valence-corrected chi connectivity index (χ1v) is 9.46. The molecular formula is C21H25N3O7. The van der Waals surface area contributed by atoms with E-state index < -0.39 is 11.9 Å². The van der Waals surface area contributed by atoms with Crippen molar-refractivity contribution >= 4 is 17.8 Å². The van der Waals surface area contributed by atoms with E-state index in [0.717, 1.165) is 25.3 Å². The van der Waals surface area contributed by atoms with Crippen LogP contribution in [0.25, 0.3) is 0 Å². The first-order chi connectivity index (χ1) is 14.9. The normalized spacial score (nSPS) is 13.5. The van der Waals surface area contributed by atoms with Gasteiger partial charge in [0.15, 0.2) is 0 Å². The Morgan fingerprint density at radius 1 is 0.903 bits per heavy atom. The van der Waals surface area contributed by atoms with Crippen molar-refractivity contribution in [2.75, 3.05) is 40.4 Å². The van der Waals surface area contributed by atoms with E-state index >= 15 is 0 Å². The Hall–Kier alpha value is -3.66. The number of rotatable bonds is 5. The Morgan fingerprint density at radius 3 is 1.94 bits per heavy atom. The van der Waals surface area contributed by atoms with Gasteiger partial charge in [0.25, 0.3) is 5.91 Å². The molecule has 0 spiro atoms. The van der Waals surface area contributed by atoms with Crippen molar-refractivity contribution < 1.29 is 34.1 Å². The molecule has 2 heterocycles. The SMILES string of the molecule is COc1cccc(OC)c1C(=O)N1CCN(Cc2ccccn2)CC1.O=C(O)C(=O)O. The van der Waals surface area contributed by atoms with Crippen LogP contribution in [-0.2, 0) is 16.1 Å². The standard InChI is InChI=1S/C19H23N3O3.C2H2O4/c1-24-16-7-5-8-17(25-2)18(16)19(23)22-12-10-21(11-13-22)14-15-6-3-4-9-20-15;3-1(4)2(5)6/h3-9H,10-14H2,1-2H3;(H,3,4)(H,5,6). The van der Waals surface area contributed by atoms with Gasteiger partial charge in [-0.3, -0.25) is 14.7 Å². The number of hydrogen-bond acceptors (Lipinski definition) is 7. The molecule has 1 fully saturated rings. The highest BCUT2D eigenvalue weighted by Gasteiger charge is 2.27. The lowest BCUT2D eigenvalue weighted by atomic mass is 10.1. The van der Waals surface area contributed by atoms with Crippen LogP contribution in [0.4, 0.5) is 0 Å². The van der Waals surface area contributed by atoms with Gasteiger partial charge in [0.05, 0.1) is 19.9 Å². The lowest BCUT2D eigenvalue weighted by Crippen LogP contribution is -2.48. The van der Waals surface area contributed by atoms with Gasteiger partial charge >= 0.3 is 11.9 Å². The smallest absolute Gasteiger partial charge is 0.414 e. The average molecular weight is 431 g/mol. The molecule has 0 atom stereocenters. The van der Waals surface area contributed by atoms with Crippen LogP contribution in [0, 0.1) is 0 Å². The van der Waals surface area contributed by atoms with Gasteiger partial charge in [-0.05, 0) is 24.3 Å². The molecule has 0 saturated carbocycles. The van der Waals surface area contributed by atoms with Crippen LogP contribution in [0.1, 0.15) is 16.1 Å². The van der Waals surface area contributed by atoms with Crippen molar-refractivity contribution in [3.05, 3.63) is 53.9 Å². The molecule has 0 radical (unpaired) electrons. The Bertz CT molecular complexity index is 863. The number of pyridine rings is 1. The highest BCUT2D eigenvalue weighted by Crippen LogP contribution is 2.29. The molecule has 0 unspecified atom stereocenters. The van der Waals surface area contributed by atoms with E-state index in [0.29, 0.717) is 30.2 Å². The number of aliphatic carboxylic acids is 2. The summed E-state index contributed by atoms with van der Waals surface area (Å²) in [6, 6.07) is 11.3. The van der Waals surface area contributed by atoms with Crippen LogP contribution in [-0.4, -0.2) is 83.2 Å². The Kier molecular flexibility index (Phi) is 8.77. The molecule has 10 nitrogen and oxygen atoms in total. The monoisotopic (exact) mass is 431 g/mol. The first-order valence-electron chi connectivity index (χ1n) is 9.46. The average Bonchev–Trinajstić information content (AvgIpc) is 2.79. The minimum atomic E-state index is -1.82. The van der Waals surface area contributed by atoms with E-state index in [1.54, 1.807) is 26.4 Å². The zero-order valence-corrected chi connectivity index (χ0v) is 17.4. The van der Waals surface area contributed by atoms with Crippen molar-refractivity contribution in [3.63, 3.8) is 0 Å². The summed E-state index contributed by atoms with van der Waals surface area (Å²) in [6.45, 7) is 3.79. The molecule has 31 heavy (non-hydrogen) atoms. The van der Waals surface area contributed by atoms with Crippen LogP contribution in [0.3, 0.4) is 0 Å². The number of amides is 1. The van der Waals surface area contributed by atoms with Crippen molar-refractivity contribution in [1.82, 2.24) is 14.8 Å². The summed E-state index contributed by atoms with van der Waals surface area (Å²) in [4.78, 5) is 39.7. The van der Waals surface area contributed by atoms with Crippen molar-refractivity contribution in [2.24, 2.45) is 0 Å². The number of carboxylic acid groups (broad SMARTS) is 2. The number of carboxylic acids is 2. The van der Waals surface area contributed by atoms with E-state index in [4.69, 9.17) is 29.3 Å². The van der Waals surface area contributed by atoms with Gasteiger partial charge in [0.2, 0.25) is 0 Å². The molecule has 2 N–H and O–H groups in total. The van der Waals surface area contributed by atoms with Crippen molar-refractivity contribution in [2.45, 2.75) is 6.54 Å². The maximum absolute atomic E-state index is 13.0. The number of hydrogen-bond donors (Lipinski definition) is 2. The quantitative estimate of drug-likeness (QED) is 0.671. The highest BCUT2D eigenvalue weighted by molar-refractivity contribution is 6.27. The fraction of sp³-hybridized carbons (Fsp3) is 0.333. The number of ether oxygens (including phenoxy) is 2. The van der Waals surface area contributed by atoms with Crippen molar-refractivity contribution in [1.29, 1.82) is 0 Å². The molecular weight excluding hydrogens is 406 g/mol. The number of carbonyl (C=O) groups is 3. The zero-order valence-electron chi connectivity index (χ0n) is 17.4. The van der Waals surface area contributed by atoms with E-state index in [1.807, 2.05) is 35.4 Å². The highest BCUT2D eigenvalue weighted by atomic mass is 16.5. The Balaban J connectivity index is 0.000000501. The summed E-state index contributed by atoms with van der Waals surface area (Å²) < 4.78 is 10.7. The summed E-state index contributed by atoms with van der Waals surface area (Å²) in [5.74, 6) is -2.61. The molecule has 1 aromatic carbocycles. The molecule has 1 aliphatic heterocycles.